The van der Waals surface area contributed by atoms with Crippen molar-refractivity contribution >= 4 is 35.0 Å². The lowest BCUT2D eigenvalue weighted by atomic mass is 9.70. The number of piperidine rings is 1. The molecule has 0 radical (unpaired) electrons. The average molecular weight is 582 g/mol. The number of hydrogen-bond donors (Lipinski definition) is 1. The zero-order valence-electron chi connectivity index (χ0n) is 21.7. The Hall–Kier alpha value is -2.25. The summed E-state index contributed by atoms with van der Waals surface area (Å²) < 4.78 is 38.9. The molecule has 4 nitrogen and oxygen atoms in total. The molecule has 1 saturated carbocycles. The monoisotopic (exact) mass is 580 g/mol. The van der Waals surface area contributed by atoms with Gasteiger partial charge in [0, 0.05) is 47.1 Å². The maximum Gasteiger partial charge on any atom is 0.391 e. The van der Waals surface area contributed by atoms with Gasteiger partial charge in [0.1, 0.15) is 0 Å². The molecule has 2 heterocycles. The molecule has 1 N–H and O–H groups in total. The standard InChI is InChI=1S/C30H33Cl2F3N2O2/c31-24-16-21(17-25(32)27(24)26(19-4-2-1-3-5-19)23-10-13-36-28(23)38)18-6-8-20(9-7-18)29(39)37-14-11-22(12-15-37)30(33,34)35/h6-9,16-17,19,22-23,26H,1-5,10-15H2,(H,36,38). The minimum atomic E-state index is -4.21. The van der Waals surface area contributed by atoms with Crippen LogP contribution in [0, 0.1) is 17.8 Å². The molecule has 3 fully saturated rings. The van der Waals surface area contributed by atoms with Crippen molar-refractivity contribution < 1.29 is 22.8 Å². The van der Waals surface area contributed by atoms with Crippen molar-refractivity contribution in [2.75, 3.05) is 19.6 Å². The van der Waals surface area contributed by atoms with Crippen LogP contribution in [0.3, 0.4) is 0 Å². The predicted molar refractivity (Wildman–Crippen MR) is 147 cm³/mol. The number of likely N-dealkylation sites (tertiary alicyclic amines) is 1. The number of halogens is 5. The molecule has 2 unspecified atom stereocenters. The van der Waals surface area contributed by atoms with Crippen LogP contribution in [0.15, 0.2) is 36.4 Å². The molecule has 3 aliphatic rings. The molecular weight excluding hydrogens is 548 g/mol. The summed E-state index contributed by atoms with van der Waals surface area (Å²) in [4.78, 5) is 27.1. The number of benzene rings is 2. The van der Waals surface area contributed by atoms with Gasteiger partial charge in [0.05, 0.1) is 5.92 Å². The van der Waals surface area contributed by atoms with Gasteiger partial charge in [0.2, 0.25) is 5.91 Å². The van der Waals surface area contributed by atoms with E-state index in [0.29, 0.717) is 28.1 Å². The SMILES string of the molecule is O=C1NCCC1C(c1c(Cl)cc(-c2ccc(C(=O)N3CCC(C(F)(F)F)CC3)cc2)cc1Cl)C1CCCCC1. The number of amides is 2. The predicted octanol–water partition coefficient (Wildman–Crippen LogP) is 7.87. The topological polar surface area (TPSA) is 49.4 Å². The second-order valence-corrected chi connectivity index (χ2v) is 12.0. The second-order valence-electron chi connectivity index (χ2n) is 11.1. The van der Waals surface area contributed by atoms with Gasteiger partial charge in [0.15, 0.2) is 0 Å². The van der Waals surface area contributed by atoms with Crippen LogP contribution in [0.2, 0.25) is 10.0 Å². The van der Waals surface area contributed by atoms with Gasteiger partial charge >= 0.3 is 6.18 Å². The number of rotatable bonds is 5. The Morgan fingerprint density at radius 3 is 2.05 bits per heavy atom. The second kappa shape index (κ2) is 11.7. The Kier molecular flexibility index (Phi) is 8.48. The highest BCUT2D eigenvalue weighted by Crippen LogP contribution is 2.48. The van der Waals surface area contributed by atoms with Gasteiger partial charge in [0.25, 0.3) is 5.91 Å². The van der Waals surface area contributed by atoms with E-state index in [2.05, 4.69) is 5.32 Å². The van der Waals surface area contributed by atoms with E-state index in [1.807, 2.05) is 12.1 Å². The van der Waals surface area contributed by atoms with Crippen LogP contribution in [0.25, 0.3) is 11.1 Å². The van der Waals surface area contributed by atoms with Gasteiger partial charge in [-0.15, -0.1) is 0 Å². The fraction of sp³-hybridized carbons (Fsp3) is 0.533. The van der Waals surface area contributed by atoms with Crippen molar-refractivity contribution in [3.05, 3.63) is 57.6 Å². The first-order chi connectivity index (χ1) is 18.6. The lowest BCUT2D eigenvalue weighted by Crippen LogP contribution is -2.42. The van der Waals surface area contributed by atoms with Crippen molar-refractivity contribution in [1.82, 2.24) is 10.2 Å². The molecule has 2 aliphatic heterocycles. The van der Waals surface area contributed by atoms with E-state index in [0.717, 1.165) is 48.8 Å². The summed E-state index contributed by atoms with van der Waals surface area (Å²) in [5.74, 6) is -1.34. The minimum Gasteiger partial charge on any atom is -0.356 e. The molecule has 0 spiro atoms. The van der Waals surface area contributed by atoms with Crippen molar-refractivity contribution in [3.63, 3.8) is 0 Å². The van der Waals surface area contributed by atoms with E-state index < -0.39 is 12.1 Å². The molecule has 0 aromatic heterocycles. The van der Waals surface area contributed by atoms with Crippen LogP contribution in [0.5, 0.6) is 0 Å². The van der Waals surface area contributed by atoms with E-state index in [-0.39, 0.29) is 49.6 Å². The highest BCUT2D eigenvalue weighted by Gasteiger charge is 2.42. The lowest BCUT2D eigenvalue weighted by molar-refractivity contribution is -0.183. The summed E-state index contributed by atoms with van der Waals surface area (Å²) >= 11 is 13.8. The van der Waals surface area contributed by atoms with Crippen molar-refractivity contribution in [3.8, 4) is 11.1 Å². The molecule has 5 rings (SSSR count). The third-order valence-electron chi connectivity index (χ3n) is 8.81. The first kappa shape index (κ1) is 28.3. The van der Waals surface area contributed by atoms with E-state index in [9.17, 15) is 22.8 Å². The van der Waals surface area contributed by atoms with Gasteiger partial charge in [-0.25, -0.2) is 0 Å². The Bertz CT molecular complexity index is 1180. The Balaban J connectivity index is 1.35. The summed E-state index contributed by atoms with van der Waals surface area (Å²) in [6, 6.07) is 10.8. The van der Waals surface area contributed by atoms with Crippen LogP contribution in [-0.2, 0) is 4.79 Å². The lowest BCUT2D eigenvalue weighted by Gasteiger charge is -2.35. The number of hydrogen-bond acceptors (Lipinski definition) is 2. The minimum absolute atomic E-state index is 0.0247. The largest absolute Gasteiger partial charge is 0.391 e. The zero-order chi connectivity index (χ0) is 27.7. The summed E-state index contributed by atoms with van der Waals surface area (Å²) in [6.45, 7) is 0.864. The Labute approximate surface area is 237 Å². The van der Waals surface area contributed by atoms with Gasteiger partial charge in [-0.05, 0) is 79.0 Å². The first-order valence-corrected chi connectivity index (χ1v) is 14.6. The Morgan fingerprint density at radius 2 is 1.51 bits per heavy atom. The van der Waals surface area contributed by atoms with Crippen LogP contribution in [-0.4, -0.2) is 42.5 Å². The van der Waals surface area contributed by atoms with Crippen LogP contribution < -0.4 is 5.32 Å². The molecule has 39 heavy (non-hydrogen) atoms. The smallest absolute Gasteiger partial charge is 0.356 e. The molecule has 0 bridgehead atoms. The third kappa shape index (κ3) is 6.09. The van der Waals surface area contributed by atoms with E-state index in [1.165, 1.54) is 11.3 Å². The quantitative estimate of drug-likeness (QED) is 0.391. The van der Waals surface area contributed by atoms with Gasteiger partial charge in [-0.2, -0.15) is 13.2 Å². The molecule has 2 amide bonds. The molecule has 9 heteroatoms. The van der Waals surface area contributed by atoms with Crippen molar-refractivity contribution in [1.29, 1.82) is 0 Å². The maximum atomic E-state index is 13.0. The molecule has 2 aromatic carbocycles. The summed E-state index contributed by atoms with van der Waals surface area (Å²) in [5, 5.41) is 4.06. The molecule has 2 atom stereocenters. The van der Waals surface area contributed by atoms with Crippen LogP contribution >= 0.6 is 23.2 Å². The van der Waals surface area contributed by atoms with Crippen molar-refractivity contribution in [2.24, 2.45) is 17.8 Å². The highest BCUT2D eigenvalue weighted by molar-refractivity contribution is 6.36. The van der Waals surface area contributed by atoms with Crippen LogP contribution in [0.4, 0.5) is 13.2 Å². The van der Waals surface area contributed by atoms with Gasteiger partial charge in [-0.1, -0.05) is 54.6 Å². The molecule has 2 aromatic rings. The van der Waals surface area contributed by atoms with E-state index in [4.69, 9.17) is 23.2 Å². The number of carbonyl (C=O) groups excluding carboxylic acids is 2. The summed E-state index contributed by atoms with van der Waals surface area (Å²) in [5.41, 5.74) is 2.91. The average Bonchev–Trinajstić information content (AvgIpc) is 3.35. The normalized spacial score (nSPS) is 22.1. The van der Waals surface area contributed by atoms with Crippen molar-refractivity contribution in [2.45, 2.75) is 63.5 Å². The summed E-state index contributed by atoms with van der Waals surface area (Å²) in [6.07, 6.45) is 2.06. The Morgan fingerprint density at radius 1 is 0.897 bits per heavy atom. The maximum absolute atomic E-state index is 13.0. The van der Waals surface area contributed by atoms with E-state index >= 15 is 0 Å². The number of nitrogens with one attached hydrogen (secondary N) is 1. The number of carbonyl (C=O) groups is 2. The van der Waals surface area contributed by atoms with Gasteiger partial charge < -0.3 is 10.2 Å². The molecule has 210 valence electrons. The van der Waals surface area contributed by atoms with E-state index in [1.54, 1.807) is 24.3 Å². The summed E-state index contributed by atoms with van der Waals surface area (Å²) in [7, 11) is 0. The highest BCUT2D eigenvalue weighted by atomic mass is 35.5. The fourth-order valence-corrected chi connectivity index (χ4v) is 7.42. The zero-order valence-corrected chi connectivity index (χ0v) is 23.2. The number of nitrogens with zero attached hydrogens (tertiary/aromatic N) is 1. The number of alkyl halides is 3. The fourth-order valence-electron chi connectivity index (χ4n) is 6.68. The molecule has 1 aliphatic carbocycles. The molecular formula is C30H33Cl2F3N2O2. The van der Waals surface area contributed by atoms with Crippen LogP contribution in [0.1, 0.15) is 73.2 Å². The third-order valence-corrected chi connectivity index (χ3v) is 9.43. The molecule has 2 saturated heterocycles. The first-order valence-electron chi connectivity index (χ1n) is 13.9. The van der Waals surface area contributed by atoms with Gasteiger partial charge in [-0.3, -0.25) is 9.59 Å².